The number of ether oxygens (including phenoxy) is 1. The quantitative estimate of drug-likeness (QED) is 0.788. The molecule has 0 fully saturated rings. The van der Waals surface area contributed by atoms with Gasteiger partial charge in [0.2, 0.25) is 0 Å². The van der Waals surface area contributed by atoms with Crippen molar-refractivity contribution in [1.29, 1.82) is 0 Å². The normalized spacial score (nSPS) is 12.3. The van der Waals surface area contributed by atoms with E-state index < -0.39 is 0 Å². The van der Waals surface area contributed by atoms with Crippen LogP contribution in [0.25, 0.3) is 10.9 Å². The molecule has 0 saturated carbocycles. The molecule has 0 radical (unpaired) electrons. The molecule has 1 aromatic carbocycles. The predicted molar refractivity (Wildman–Crippen MR) is 83.3 cm³/mol. The third-order valence-corrected chi connectivity index (χ3v) is 3.57. The summed E-state index contributed by atoms with van der Waals surface area (Å²) in [5.41, 5.74) is 1.56. The van der Waals surface area contributed by atoms with Crippen LogP contribution in [-0.2, 0) is 4.74 Å². The summed E-state index contributed by atoms with van der Waals surface area (Å²) in [5, 5.41) is 0.971. The molecule has 20 heavy (non-hydrogen) atoms. The Bertz CT molecular complexity index is 603. The molecule has 1 atom stereocenters. The van der Waals surface area contributed by atoms with Gasteiger partial charge >= 0.3 is 0 Å². The van der Waals surface area contributed by atoms with Gasteiger partial charge in [-0.15, -0.1) is 0 Å². The maximum Gasteiger partial charge on any atom is 0.253 e. The third-order valence-electron chi connectivity index (χ3n) is 3.02. The number of amides is 1. The van der Waals surface area contributed by atoms with E-state index in [1.165, 1.54) is 0 Å². The zero-order valence-electron chi connectivity index (χ0n) is 11.5. The average molecular weight is 337 g/mol. The fourth-order valence-electron chi connectivity index (χ4n) is 2.04. The molecule has 0 aliphatic carbocycles. The van der Waals surface area contributed by atoms with Gasteiger partial charge in [-0.1, -0.05) is 22.0 Å². The van der Waals surface area contributed by atoms with Gasteiger partial charge in [0.25, 0.3) is 5.91 Å². The van der Waals surface area contributed by atoms with Crippen LogP contribution in [0.1, 0.15) is 10.4 Å². The van der Waals surface area contributed by atoms with Crippen LogP contribution >= 0.6 is 15.9 Å². The highest BCUT2D eigenvalue weighted by Gasteiger charge is 2.15. The molecule has 2 rings (SSSR count). The van der Waals surface area contributed by atoms with Crippen LogP contribution in [0.15, 0.2) is 36.5 Å². The SMILES string of the molecule is COCC(Br)CN(C)C(=O)c1ccc2ncccc2c1. The lowest BCUT2D eigenvalue weighted by Gasteiger charge is -2.20. The highest BCUT2D eigenvalue weighted by atomic mass is 79.9. The minimum absolute atomic E-state index is 0.00342. The Morgan fingerprint density at radius 3 is 3.00 bits per heavy atom. The second-order valence-corrected chi connectivity index (χ2v) is 5.94. The Morgan fingerprint density at radius 1 is 1.45 bits per heavy atom. The Hall–Kier alpha value is -1.46. The maximum atomic E-state index is 12.4. The number of hydrogen-bond donors (Lipinski definition) is 0. The Morgan fingerprint density at radius 2 is 2.25 bits per heavy atom. The lowest BCUT2D eigenvalue weighted by Crippen LogP contribution is -2.33. The standard InChI is InChI=1S/C15H17BrN2O2/c1-18(9-13(16)10-20-2)15(19)12-5-6-14-11(8-12)4-3-7-17-14/h3-8,13H,9-10H2,1-2H3. The van der Waals surface area contributed by atoms with Crippen molar-refractivity contribution in [3.63, 3.8) is 0 Å². The van der Waals surface area contributed by atoms with Gasteiger partial charge in [-0.2, -0.15) is 0 Å². The van der Waals surface area contributed by atoms with Crippen molar-refractivity contribution in [3.8, 4) is 0 Å². The molecule has 0 bridgehead atoms. The first-order chi connectivity index (χ1) is 9.61. The predicted octanol–water partition coefficient (Wildman–Crippen LogP) is 2.72. The molecule has 1 heterocycles. The van der Waals surface area contributed by atoms with E-state index in [1.54, 1.807) is 25.3 Å². The summed E-state index contributed by atoms with van der Waals surface area (Å²) in [7, 11) is 3.44. The number of fused-ring (bicyclic) bond motifs is 1. The number of halogens is 1. The van der Waals surface area contributed by atoms with Crippen LogP contribution in [-0.4, -0.2) is 47.9 Å². The van der Waals surface area contributed by atoms with Crippen molar-refractivity contribution < 1.29 is 9.53 Å². The fourth-order valence-corrected chi connectivity index (χ4v) is 2.74. The van der Waals surface area contributed by atoms with E-state index in [9.17, 15) is 4.79 Å². The average Bonchev–Trinajstić information content (AvgIpc) is 2.46. The molecule has 0 N–H and O–H groups in total. The van der Waals surface area contributed by atoms with Crippen LogP contribution in [0.3, 0.4) is 0 Å². The molecule has 5 heteroatoms. The number of pyridine rings is 1. The number of hydrogen-bond acceptors (Lipinski definition) is 3. The number of aromatic nitrogens is 1. The Labute approximate surface area is 126 Å². The number of carbonyl (C=O) groups excluding carboxylic acids is 1. The fraction of sp³-hybridized carbons (Fsp3) is 0.333. The zero-order chi connectivity index (χ0) is 14.5. The first-order valence-electron chi connectivity index (χ1n) is 6.35. The molecule has 1 unspecified atom stereocenters. The topological polar surface area (TPSA) is 42.4 Å². The zero-order valence-corrected chi connectivity index (χ0v) is 13.1. The molecule has 0 aliphatic rings. The molecular weight excluding hydrogens is 320 g/mol. The second kappa shape index (κ2) is 6.81. The molecule has 0 spiro atoms. The van der Waals surface area contributed by atoms with E-state index in [2.05, 4.69) is 20.9 Å². The van der Waals surface area contributed by atoms with Gasteiger partial charge in [0.05, 0.1) is 17.0 Å². The van der Waals surface area contributed by atoms with Crippen LogP contribution < -0.4 is 0 Å². The van der Waals surface area contributed by atoms with Gasteiger partial charge in [0.15, 0.2) is 0 Å². The highest BCUT2D eigenvalue weighted by Crippen LogP contribution is 2.15. The number of methoxy groups -OCH3 is 1. The number of alkyl halides is 1. The smallest absolute Gasteiger partial charge is 0.253 e. The molecule has 0 saturated heterocycles. The molecule has 106 valence electrons. The van der Waals surface area contributed by atoms with Crippen LogP contribution in [0.5, 0.6) is 0 Å². The second-order valence-electron chi connectivity index (χ2n) is 4.65. The van der Waals surface area contributed by atoms with Crippen molar-refractivity contribution in [2.75, 3.05) is 27.3 Å². The van der Waals surface area contributed by atoms with Crippen LogP contribution in [0, 0.1) is 0 Å². The molecule has 0 aliphatic heterocycles. The summed E-state index contributed by atoms with van der Waals surface area (Å²) in [6.07, 6.45) is 1.75. The monoisotopic (exact) mass is 336 g/mol. The Balaban J connectivity index is 2.14. The number of benzene rings is 1. The van der Waals surface area contributed by atoms with Gasteiger partial charge in [-0.05, 0) is 24.3 Å². The third kappa shape index (κ3) is 3.55. The minimum atomic E-state index is -0.00342. The van der Waals surface area contributed by atoms with Gasteiger partial charge in [-0.3, -0.25) is 9.78 Å². The van der Waals surface area contributed by atoms with Crippen LogP contribution in [0.2, 0.25) is 0 Å². The molecule has 1 amide bonds. The lowest BCUT2D eigenvalue weighted by molar-refractivity contribution is 0.0784. The number of nitrogens with zero attached hydrogens (tertiary/aromatic N) is 2. The Kier molecular flexibility index (Phi) is 5.09. The summed E-state index contributed by atoms with van der Waals surface area (Å²) in [6.45, 7) is 1.16. The molecular formula is C15H17BrN2O2. The summed E-state index contributed by atoms with van der Waals surface area (Å²) in [4.78, 5) is 18.4. The maximum absolute atomic E-state index is 12.4. The summed E-state index contributed by atoms with van der Waals surface area (Å²) in [6, 6.07) is 9.39. The van der Waals surface area contributed by atoms with Gasteiger partial charge in [-0.25, -0.2) is 0 Å². The summed E-state index contributed by atoms with van der Waals surface area (Å²) >= 11 is 3.49. The van der Waals surface area contributed by atoms with E-state index >= 15 is 0 Å². The van der Waals surface area contributed by atoms with E-state index in [1.807, 2.05) is 30.3 Å². The van der Waals surface area contributed by atoms with E-state index in [0.29, 0.717) is 18.7 Å². The van der Waals surface area contributed by atoms with Crippen molar-refractivity contribution in [2.24, 2.45) is 0 Å². The van der Waals surface area contributed by atoms with Crippen LogP contribution in [0.4, 0.5) is 0 Å². The van der Waals surface area contributed by atoms with Gasteiger partial charge < -0.3 is 9.64 Å². The number of rotatable bonds is 5. The van der Waals surface area contributed by atoms with Gasteiger partial charge in [0, 0.05) is 37.8 Å². The summed E-state index contributed by atoms with van der Waals surface area (Å²) < 4.78 is 5.05. The number of carbonyl (C=O) groups is 1. The van der Waals surface area contributed by atoms with Crippen molar-refractivity contribution in [1.82, 2.24) is 9.88 Å². The minimum Gasteiger partial charge on any atom is -0.383 e. The van der Waals surface area contributed by atoms with Crippen molar-refractivity contribution >= 4 is 32.7 Å². The first-order valence-corrected chi connectivity index (χ1v) is 7.26. The molecule has 1 aromatic heterocycles. The molecule has 4 nitrogen and oxygen atoms in total. The van der Waals surface area contributed by atoms with Crippen molar-refractivity contribution in [2.45, 2.75) is 4.83 Å². The van der Waals surface area contributed by atoms with E-state index in [-0.39, 0.29) is 10.7 Å². The highest BCUT2D eigenvalue weighted by molar-refractivity contribution is 9.09. The molecule has 2 aromatic rings. The van der Waals surface area contributed by atoms with Crippen molar-refractivity contribution in [3.05, 3.63) is 42.1 Å². The largest absolute Gasteiger partial charge is 0.383 e. The summed E-state index contributed by atoms with van der Waals surface area (Å²) in [5.74, 6) is -0.00342. The first kappa shape index (κ1) is 14.9. The lowest BCUT2D eigenvalue weighted by atomic mass is 10.1. The van der Waals surface area contributed by atoms with Gasteiger partial charge in [0.1, 0.15) is 0 Å². The van der Waals surface area contributed by atoms with E-state index in [4.69, 9.17) is 4.74 Å². The van der Waals surface area contributed by atoms with E-state index in [0.717, 1.165) is 10.9 Å².